The van der Waals surface area contributed by atoms with Gasteiger partial charge in [0.05, 0.1) is 18.8 Å². The van der Waals surface area contributed by atoms with Crippen molar-refractivity contribution in [3.8, 4) is 0 Å². The Hall–Kier alpha value is -1.35. The van der Waals surface area contributed by atoms with E-state index < -0.39 is 16.4 Å². The molecule has 0 radical (unpaired) electrons. The third-order valence-corrected chi connectivity index (χ3v) is 5.03. The molecular weight excluding hydrogens is 382 g/mol. The number of fused-ring (bicyclic) bond motifs is 2. The molecule has 3 rings (SSSR count). The molecule has 27 heavy (non-hydrogen) atoms. The molecule has 4 unspecified atom stereocenters. The lowest BCUT2D eigenvalue weighted by atomic mass is 10.1. The first-order valence-electron chi connectivity index (χ1n) is 8.85. The number of urea groups is 1. The topological polar surface area (TPSA) is 150 Å². The maximum atomic E-state index is 10.6. The Labute approximate surface area is 158 Å². The average Bonchev–Trinajstić information content (AvgIpc) is 3.18. The molecule has 12 nitrogen and oxygen atoms in total. The standard InChI is InChI=1S/C7H13N3O3.C7H14N2O4S/c11-5-9-7(12)10-13-4-6-2-1-3-8-6;1-6-8-4-2-3-7(5-8)9(6)13-14(10,11)12/h5-6,8H,1-4H2,(H2,9,10,11,12);6-7H,2-5H2,1H3,(H,10,11,12). The van der Waals surface area contributed by atoms with Gasteiger partial charge in [0.2, 0.25) is 6.41 Å². The molecule has 13 heteroatoms. The van der Waals surface area contributed by atoms with Crippen LogP contribution in [0, 0.1) is 0 Å². The molecule has 3 aliphatic heterocycles. The van der Waals surface area contributed by atoms with Gasteiger partial charge in [-0.1, -0.05) is 0 Å². The van der Waals surface area contributed by atoms with Crippen molar-refractivity contribution in [3.63, 3.8) is 0 Å². The number of carbonyl (C=O) groups is 2. The fraction of sp³-hybridized carbons (Fsp3) is 0.857. The molecule has 0 aromatic carbocycles. The second-order valence-corrected chi connectivity index (χ2v) is 7.59. The van der Waals surface area contributed by atoms with Crippen molar-refractivity contribution in [2.45, 2.75) is 50.9 Å². The number of hydroxylamine groups is 3. The number of hydrogen-bond acceptors (Lipinski definition) is 9. The van der Waals surface area contributed by atoms with Crippen LogP contribution in [0.5, 0.6) is 0 Å². The van der Waals surface area contributed by atoms with Crippen LogP contribution in [-0.4, -0.2) is 79.9 Å². The Morgan fingerprint density at radius 3 is 2.74 bits per heavy atom. The summed E-state index contributed by atoms with van der Waals surface area (Å²) in [5.74, 6) is 0. The van der Waals surface area contributed by atoms with Gasteiger partial charge in [0.15, 0.2) is 0 Å². The third kappa shape index (κ3) is 7.29. The second-order valence-electron chi connectivity index (χ2n) is 6.58. The van der Waals surface area contributed by atoms with Crippen molar-refractivity contribution in [1.29, 1.82) is 0 Å². The molecule has 156 valence electrons. The first-order chi connectivity index (χ1) is 12.8. The monoisotopic (exact) mass is 409 g/mol. The fourth-order valence-corrected chi connectivity index (χ4v) is 3.88. The minimum atomic E-state index is -4.38. The molecule has 3 amide bonds. The summed E-state index contributed by atoms with van der Waals surface area (Å²) >= 11 is 0. The molecule has 4 atom stereocenters. The summed E-state index contributed by atoms with van der Waals surface area (Å²) < 4.78 is 34.3. The van der Waals surface area contributed by atoms with Gasteiger partial charge in [-0.15, -0.1) is 5.06 Å². The first-order valence-corrected chi connectivity index (χ1v) is 10.2. The summed E-state index contributed by atoms with van der Waals surface area (Å²) in [6.45, 7) is 5.07. The Morgan fingerprint density at radius 2 is 2.15 bits per heavy atom. The van der Waals surface area contributed by atoms with Crippen molar-refractivity contribution in [2.75, 3.05) is 26.2 Å². The van der Waals surface area contributed by atoms with Crippen LogP contribution in [-0.2, 0) is 24.3 Å². The van der Waals surface area contributed by atoms with Gasteiger partial charge in [-0.2, -0.15) is 12.7 Å². The molecular formula is C14H27N5O7S. The highest BCUT2D eigenvalue weighted by Gasteiger charge is 2.42. The normalized spacial score (nSPS) is 30.3. The van der Waals surface area contributed by atoms with Crippen molar-refractivity contribution >= 4 is 22.8 Å². The molecule has 3 saturated heterocycles. The molecule has 0 aromatic rings. The smallest absolute Gasteiger partial charge is 0.312 e. The minimum absolute atomic E-state index is 0.0792. The van der Waals surface area contributed by atoms with Gasteiger partial charge in [0.25, 0.3) is 0 Å². The van der Waals surface area contributed by atoms with Crippen molar-refractivity contribution in [2.24, 2.45) is 0 Å². The number of carbonyl (C=O) groups excluding carboxylic acids is 2. The number of hydrogen-bond donors (Lipinski definition) is 4. The van der Waals surface area contributed by atoms with Crippen LogP contribution in [0.15, 0.2) is 0 Å². The SMILES string of the molecule is CC1N2CCCC(C2)N1OS(=O)(=O)O.O=CNC(=O)NOCC1CCCN1. The predicted molar refractivity (Wildman–Crippen MR) is 93.2 cm³/mol. The quantitative estimate of drug-likeness (QED) is 0.244. The summed E-state index contributed by atoms with van der Waals surface area (Å²) in [5, 5.41) is 6.47. The lowest BCUT2D eigenvalue weighted by Gasteiger charge is -2.22. The molecule has 3 heterocycles. The molecule has 3 aliphatic rings. The molecule has 0 saturated carbocycles. The van der Waals surface area contributed by atoms with Crippen LogP contribution in [0.4, 0.5) is 4.79 Å². The second kappa shape index (κ2) is 10.3. The van der Waals surface area contributed by atoms with Crippen LogP contribution < -0.4 is 16.1 Å². The Morgan fingerprint density at radius 1 is 1.37 bits per heavy atom. The predicted octanol–water partition coefficient (Wildman–Crippen LogP) is -1.03. The summed E-state index contributed by atoms with van der Waals surface area (Å²) in [7, 11) is -4.38. The van der Waals surface area contributed by atoms with Gasteiger partial charge in [-0.25, -0.2) is 10.3 Å². The van der Waals surface area contributed by atoms with Crippen molar-refractivity contribution in [1.82, 2.24) is 26.1 Å². The number of nitrogens with one attached hydrogen (secondary N) is 3. The lowest BCUT2D eigenvalue weighted by molar-refractivity contribution is -0.110. The zero-order valence-corrected chi connectivity index (χ0v) is 16.0. The summed E-state index contributed by atoms with van der Waals surface area (Å²) in [5.41, 5.74) is 2.09. The van der Waals surface area contributed by atoms with Crippen molar-refractivity contribution < 1.29 is 31.7 Å². The van der Waals surface area contributed by atoms with Crippen molar-refractivity contribution in [3.05, 3.63) is 0 Å². The highest BCUT2D eigenvalue weighted by atomic mass is 32.3. The Bertz CT molecular complexity index is 597. The Kier molecular flexibility index (Phi) is 8.34. The highest BCUT2D eigenvalue weighted by Crippen LogP contribution is 2.29. The minimum Gasteiger partial charge on any atom is -0.312 e. The van der Waals surface area contributed by atoms with Crippen LogP contribution in [0.3, 0.4) is 0 Å². The van der Waals surface area contributed by atoms with E-state index in [9.17, 15) is 18.0 Å². The molecule has 3 fully saturated rings. The van der Waals surface area contributed by atoms with Crippen LogP contribution in [0.2, 0.25) is 0 Å². The van der Waals surface area contributed by atoms with E-state index in [-0.39, 0.29) is 12.2 Å². The summed E-state index contributed by atoms with van der Waals surface area (Å²) in [6.07, 6.45) is 4.36. The largest absolute Gasteiger partial charge is 0.413 e. The van der Waals surface area contributed by atoms with E-state index in [2.05, 4.69) is 20.0 Å². The van der Waals surface area contributed by atoms with Gasteiger partial charge >= 0.3 is 16.4 Å². The van der Waals surface area contributed by atoms with Crippen LogP contribution in [0.25, 0.3) is 0 Å². The van der Waals surface area contributed by atoms with E-state index in [4.69, 9.17) is 9.39 Å². The van der Waals surface area contributed by atoms with Gasteiger partial charge in [0.1, 0.15) is 0 Å². The van der Waals surface area contributed by atoms with E-state index in [1.54, 1.807) is 0 Å². The zero-order chi connectivity index (χ0) is 19.9. The summed E-state index contributed by atoms with van der Waals surface area (Å²) in [4.78, 5) is 27.4. The van der Waals surface area contributed by atoms with E-state index in [0.29, 0.717) is 19.1 Å². The molecule has 4 N–H and O–H groups in total. The molecule has 0 spiro atoms. The number of imide groups is 1. The number of piperidine rings is 1. The maximum absolute atomic E-state index is 10.6. The van der Waals surface area contributed by atoms with E-state index in [1.165, 1.54) is 5.06 Å². The average molecular weight is 409 g/mol. The van der Waals surface area contributed by atoms with Crippen LogP contribution >= 0.6 is 0 Å². The van der Waals surface area contributed by atoms with E-state index in [0.717, 1.165) is 45.3 Å². The van der Waals surface area contributed by atoms with Gasteiger partial charge in [-0.05, 0) is 45.7 Å². The lowest BCUT2D eigenvalue weighted by Crippen LogP contribution is -2.38. The Balaban J connectivity index is 0.000000194. The van der Waals surface area contributed by atoms with E-state index in [1.807, 2.05) is 12.2 Å². The molecule has 0 aromatic heterocycles. The number of amides is 3. The molecule has 0 aliphatic carbocycles. The fourth-order valence-electron chi connectivity index (χ4n) is 3.42. The first kappa shape index (κ1) is 21.9. The zero-order valence-electron chi connectivity index (χ0n) is 15.2. The maximum Gasteiger partial charge on any atom is 0.413 e. The summed E-state index contributed by atoms with van der Waals surface area (Å²) in [6, 6.07) is -0.259. The van der Waals surface area contributed by atoms with Gasteiger partial charge in [-0.3, -0.25) is 24.4 Å². The van der Waals surface area contributed by atoms with Crippen LogP contribution in [0.1, 0.15) is 32.6 Å². The number of rotatable bonds is 6. The van der Waals surface area contributed by atoms with E-state index >= 15 is 0 Å². The molecule has 2 bridgehead atoms. The third-order valence-electron chi connectivity index (χ3n) is 4.67. The highest BCUT2D eigenvalue weighted by molar-refractivity contribution is 7.80. The number of nitrogens with zero attached hydrogens (tertiary/aromatic N) is 2. The van der Waals surface area contributed by atoms with Gasteiger partial charge < -0.3 is 5.32 Å². The van der Waals surface area contributed by atoms with Gasteiger partial charge in [0, 0.05) is 12.6 Å².